The third-order valence-electron chi connectivity index (χ3n) is 4.63. The van der Waals surface area contributed by atoms with Crippen molar-refractivity contribution in [2.75, 3.05) is 26.2 Å². The summed E-state index contributed by atoms with van der Waals surface area (Å²) >= 11 is 0. The zero-order chi connectivity index (χ0) is 12.3. The molecule has 2 bridgehead atoms. The maximum absolute atomic E-state index is 12.5. The number of rotatable bonds is 1. The Kier molecular flexibility index (Phi) is 2.51. The summed E-state index contributed by atoms with van der Waals surface area (Å²) in [7, 11) is -3.00. The van der Waals surface area contributed by atoms with Crippen LogP contribution in [-0.4, -0.2) is 69.4 Å². The summed E-state index contributed by atoms with van der Waals surface area (Å²) in [6.07, 6.45) is 0.763. The molecule has 6 nitrogen and oxygen atoms in total. The Morgan fingerprint density at radius 2 is 2.00 bits per heavy atom. The van der Waals surface area contributed by atoms with Crippen molar-refractivity contribution in [1.82, 2.24) is 16.0 Å². The highest BCUT2D eigenvalue weighted by molar-refractivity contribution is 7.93. The van der Waals surface area contributed by atoms with Gasteiger partial charge in [-0.2, -0.15) is 0 Å². The number of hydrogen-bond donors (Lipinski definition) is 3. The highest BCUT2D eigenvalue weighted by Crippen LogP contribution is 2.37. The van der Waals surface area contributed by atoms with Crippen LogP contribution in [0.2, 0.25) is 0 Å². The molecule has 0 aromatic heterocycles. The third kappa shape index (κ3) is 1.65. The highest BCUT2D eigenvalue weighted by Gasteiger charge is 2.57. The lowest BCUT2D eigenvalue weighted by molar-refractivity contribution is -0.00851. The molecule has 7 heteroatoms. The van der Waals surface area contributed by atoms with E-state index in [0.29, 0.717) is 13.2 Å². The molecule has 4 aliphatic heterocycles. The molecule has 5 aliphatic rings. The number of nitrogens with one attached hydrogen (secondary N) is 3. The molecule has 6 atom stereocenters. The molecule has 6 unspecified atom stereocenters. The second-order valence-electron chi connectivity index (χ2n) is 5.84. The van der Waals surface area contributed by atoms with Gasteiger partial charge in [0, 0.05) is 31.7 Å². The van der Waals surface area contributed by atoms with Gasteiger partial charge in [0.1, 0.15) is 0 Å². The molecule has 102 valence electrons. The average Bonchev–Trinajstić information content (AvgIpc) is 3.13. The summed E-state index contributed by atoms with van der Waals surface area (Å²) in [5.41, 5.74) is 0. The van der Waals surface area contributed by atoms with Crippen LogP contribution >= 0.6 is 0 Å². The van der Waals surface area contributed by atoms with Crippen molar-refractivity contribution in [3.63, 3.8) is 0 Å². The fourth-order valence-electron chi connectivity index (χ4n) is 3.51. The summed E-state index contributed by atoms with van der Waals surface area (Å²) in [6.45, 7) is 2.85. The first-order chi connectivity index (χ1) is 8.66. The van der Waals surface area contributed by atoms with Crippen LogP contribution < -0.4 is 16.0 Å². The van der Waals surface area contributed by atoms with Gasteiger partial charge in [-0.3, -0.25) is 0 Å². The molecule has 0 spiro atoms. The number of morpholine rings is 1. The SMILES string of the molecule is O=S1(=O)C2CC2NCC1C1NC2CNCC1OC2. The molecule has 1 aliphatic carbocycles. The smallest absolute Gasteiger partial charge is 0.160 e. The van der Waals surface area contributed by atoms with Crippen molar-refractivity contribution in [2.45, 2.75) is 41.2 Å². The first-order valence-electron chi connectivity index (χ1n) is 6.71. The van der Waals surface area contributed by atoms with Crippen molar-refractivity contribution in [3.8, 4) is 0 Å². The van der Waals surface area contributed by atoms with Crippen molar-refractivity contribution >= 4 is 9.84 Å². The standard InChI is InChI=1S/C11H19N3O3S/c15-18(16)9-1-7(9)13-4-10(18)11-8-3-12-2-6(14-11)5-17-8/h6-14H,1-5H2. The Balaban J connectivity index is 1.62. The molecule has 0 amide bonds. The molecular weight excluding hydrogens is 254 g/mol. The Hall–Kier alpha value is -0.210. The molecule has 0 aromatic carbocycles. The lowest BCUT2D eigenvalue weighted by atomic mass is 10.0. The van der Waals surface area contributed by atoms with E-state index in [2.05, 4.69) is 16.0 Å². The predicted octanol–water partition coefficient (Wildman–Crippen LogP) is -2.16. The molecule has 1 saturated carbocycles. The Morgan fingerprint density at radius 1 is 1.11 bits per heavy atom. The van der Waals surface area contributed by atoms with Gasteiger partial charge in [0.15, 0.2) is 9.84 Å². The van der Waals surface area contributed by atoms with Crippen molar-refractivity contribution in [2.24, 2.45) is 0 Å². The van der Waals surface area contributed by atoms with E-state index in [4.69, 9.17) is 4.74 Å². The van der Waals surface area contributed by atoms with Crippen LogP contribution in [0.25, 0.3) is 0 Å². The number of sulfone groups is 1. The van der Waals surface area contributed by atoms with Crippen LogP contribution in [0.3, 0.4) is 0 Å². The second-order valence-corrected chi connectivity index (χ2v) is 8.22. The summed E-state index contributed by atoms with van der Waals surface area (Å²) in [4.78, 5) is 0. The van der Waals surface area contributed by atoms with Crippen molar-refractivity contribution in [1.29, 1.82) is 0 Å². The van der Waals surface area contributed by atoms with Crippen molar-refractivity contribution < 1.29 is 13.2 Å². The fourth-order valence-corrected chi connectivity index (χ4v) is 5.98. The first kappa shape index (κ1) is 11.6. The second kappa shape index (κ2) is 3.89. The van der Waals surface area contributed by atoms with E-state index in [1.165, 1.54) is 0 Å². The van der Waals surface area contributed by atoms with E-state index in [1.54, 1.807) is 0 Å². The lowest BCUT2D eigenvalue weighted by Crippen LogP contribution is -2.64. The summed E-state index contributed by atoms with van der Waals surface area (Å²) in [5.74, 6) is 0. The summed E-state index contributed by atoms with van der Waals surface area (Å²) in [5, 5.41) is 9.66. The molecule has 3 N–H and O–H groups in total. The van der Waals surface area contributed by atoms with Crippen LogP contribution in [-0.2, 0) is 14.6 Å². The summed E-state index contributed by atoms with van der Waals surface area (Å²) in [6, 6.07) is 0.381. The lowest BCUT2D eigenvalue weighted by Gasteiger charge is -2.39. The van der Waals surface area contributed by atoms with Gasteiger partial charge in [0.05, 0.1) is 29.3 Å². The number of fused-ring (bicyclic) bond motifs is 5. The molecule has 4 saturated heterocycles. The molecule has 5 rings (SSSR count). The minimum atomic E-state index is -3.00. The van der Waals surface area contributed by atoms with E-state index in [-0.39, 0.29) is 34.7 Å². The van der Waals surface area contributed by atoms with Gasteiger partial charge in [-0.25, -0.2) is 8.42 Å². The number of ether oxygens (including phenoxy) is 1. The van der Waals surface area contributed by atoms with Gasteiger partial charge in [-0.1, -0.05) is 0 Å². The number of hydrogen-bond acceptors (Lipinski definition) is 6. The van der Waals surface area contributed by atoms with Gasteiger partial charge in [0.25, 0.3) is 0 Å². The minimum Gasteiger partial charge on any atom is -0.374 e. The topological polar surface area (TPSA) is 79.5 Å². The molecule has 18 heavy (non-hydrogen) atoms. The summed E-state index contributed by atoms with van der Waals surface area (Å²) < 4.78 is 30.8. The Labute approximate surface area is 107 Å². The van der Waals surface area contributed by atoms with Gasteiger partial charge < -0.3 is 20.7 Å². The van der Waals surface area contributed by atoms with Gasteiger partial charge in [0.2, 0.25) is 0 Å². The van der Waals surface area contributed by atoms with Gasteiger partial charge in [-0.05, 0) is 6.42 Å². The Bertz CT molecular complexity index is 450. The van der Waals surface area contributed by atoms with Crippen LogP contribution in [0, 0.1) is 0 Å². The first-order valence-corrected chi connectivity index (χ1v) is 8.31. The van der Waals surface area contributed by atoms with Gasteiger partial charge >= 0.3 is 0 Å². The molecule has 5 fully saturated rings. The van der Waals surface area contributed by atoms with E-state index < -0.39 is 9.84 Å². The molecule has 0 aromatic rings. The quantitative estimate of drug-likeness (QED) is 0.505. The van der Waals surface area contributed by atoms with Crippen LogP contribution in [0.5, 0.6) is 0 Å². The zero-order valence-corrected chi connectivity index (χ0v) is 10.9. The minimum absolute atomic E-state index is 0.0272. The van der Waals surface area contributed by atoms with E-state index in [1.807, 2.05) is 0 Å². The van der Waals surface area contributed by atoms with E-state index in [9.17, 15) is 8.42 Å². The molecule has 4 heterocycles. The van der Waals surface area contributed by atoms with Crippen LogP contribution in [0.15, 0.2) is 0 Å². The predicted molar refractivity (Wildman–Crippen MR) is 66.2 cm³/mol. The fraction of sp³-hybridized carbons (Fsp3) is 1.00. The monoisotopic (exact) mass is 273 g/mol. The molecular formula is C11H19N3O3S. The highest BCUT2D eigenvalue weighted by atomic mass is 32.2. The molecule has 0 radical (unpaired) electrons. The normalized spacial score (nSPS) is 53.6. The largest absolute Gasteiger partial charge is 0.374 e. The maximum atomic E-state index is 12.5. The van der Waals surface area contributed by atoms with Crippen molar-refractivity contribution in [3.05, 3.63) is 0 Å². The third-order valence-corrected chi connectivity index (χ3v) is 7.30. The van der Waals surface area contributed by atoms with E-state index >= 15 is 0 Å². The van der Waals surface area contributed by atoms with E-state index in [0.717, 1.165) is 19.5 Å². The maximum Gasteiger partial charge on any atom is 0.160 e. The zero-order valence-electron chi connectivity index (χ0n) is 10.1. The average molecular weight is 273 g/mol. The van der Waals surface area contributed by atoms with Crippen LogP contribution in [0.1, 0.15) is 6.42 Å². The van der Waals surface area contributed by atoms with Gasteiger partial charge in [-0.15, -0.1) is 0 Å². The van der Waals surface area contributed by atoms with Crippen LogP contribution in [0.4, 0.5) is 0 Å². The Morgan fingerprint density at radius 3 is 2.89 bits per heavy atom.